The van der Waals surface area contributed by atoms with E-state index < -0.39 is 0 Å². The summed E-state index contributed by atoms with van der Waals surface area (Å²) in [5.74, 6) is 0.222. The zero-order valence-corrected chi connectivity index (χ0v) is 8.92. The smallest absolute Gasteiger partial charge is 0.256 e. The van der Waals surface area contributed by atoms with Crippen LogP contribution in [0.2, 0.25) is 5.22 Å². The lowest BCUT2D eigenvalue weighted by Gasteiger charge is -2.08. The van der Waals surface area contributed by atoms with Crippen molar-refractivity contribution in [3.05, 3.63) is 23.1 Å². The van der Waals surface area contributed by atoms with Crippen LogP contribution < -0.4 is 5.32 Å². The number of hydrogen-bond acceptors (Lipinski definition) is 3. The number of furan rings is 1. The minimum Gasteiger partial charge on any atom is -0.452 e. The summed E-state index contributed by atoms with van der Waals surface area (Å²) in [7, 11) is 0. The second-order valence-corrected chi connectivity index (χ2v) is 3.89. The highest BCUT2D eigenvalue weighted by Gasteiger charge is 2.18. The molecule has 82 valence electrons. The van der Waals surface area contributed by atoms with Crippen LogP contribution in [-0.4, -0.2) is 25.7 Å². The standard InChI is InChI=1S/C10H12ClNO3/c11-9-8(2-4-15-9)10(13)12-5-7-1-3-14-6-7/h2,4,7H,1,3,5-6H2,(H,12,13). The van der Waals surface area contributed by atoms with Gasteiger partial charge in [0.15, 0.2) is 0 Å². The fourth-order valence-electron chi connectivity index (χ4n) is 1.53. The Bertz CT molecular complexity index is 344. The maximum Gasteiger partial charge on any atom is 0.256 e. The van der Waals surface area contributed by atoms with E-state index in [1.807, 2.05) is 0 Å². The van der Waals surface area contributed by atoms with E-state index in [1.165, 1.54) is 6.26 Å². The fourth-order valence-corrected chi connectivity index (χ4v) is 1.73. The zero-order chi connectivity index (χ0) is 10.7. The Balaban J connectivity index is 1.84. The molecule has 0 radical (unpaired) electrons. The highest BCUT2D eigenvalue weighted by atomic mass is 35.5. The van der Waals surface area contributed by atoms with Crippen molar-refractivity contribution < 1.29 is 13.9 Å². The van der Waals surface area contributed by atoms with Crippen molar-refractivity contribution in [2.75, 3.05) is 19.8 Å². The third kappa shape index (κ3) is 2.52. The van der Waals surface area contributed by atoms with Crippen molar-refractivity contribution in [2.24, 2.45) is 5.92 Å². The number of nitrogens with one attached hydrogen (secondary N) is 1. The van der Waals surface area contributed by atoms with Gasteiger partial charge in [-0.15, -0.1) is 0 Å². The first kappa shape index (κ1) is 10.5. The molecule has 2 rings (SSSR count). The van der Waals surface area contributed by atoms with Gasteiger partial charge in [-0.3, -0.25) is 4.79 Å². The molecule has 1 N–H and O–H groups in total. The van der Waals surface area contributed by atoms with E-state index >= 15 is 0 Å². The highest BCUT2D eigenvalue weighted by Crippen LogP contribution is 2.17. The fraction of sp³-hybridized carbons (Fsp3) is 0.500. The molecule has 0 saturated carbocycles. The number of carbonyl (C=O) groups excluding carboxylic acids is 1. The van der Waals surface area contributed by atoms with E-state index in [2.05, 4.69) is 5.32 Å². The molecule has 1 aliphatic heterocycles. The Hall–Kier alpha value is -1.00. The quantitative estimate of drug-likeness (QED) is 0.858. The number of hydrogen-bond donors (Lipinski definition) is 1. The molecule has 4 nitrogen and oxygen atoms in total. The van der Waals surface area contributed by atoms with Crippen molar-refractivity contribution in [3.8, 4) is 0 Å². The van der Waals surface area contributed by atoms with E-state index in [0.717, 1.165) is 19.6 Å². The lowest BCUT2D eigenvalue weighted by Crippen LogP contribution is -2.29. The number of ether oxygens (including phenoxy) is 1. The Labute approximate surface area is 92.5 Å². The van der Waals surface area contributed by atoms with Crippen LogP contribution in [0.5, 0.6) is 0 Å². The van der Waals surface area contributed by atoms with Crippen LogP contribution in [0.15, 0.2) is 16.7 Å². The van der Waals surface area contributed by atoms with Gasteiger partial charge in [0.05, 0.1) is 18.4 Å². The summed E-state index contributed by atoms with van der Waals surface area (Å²) < 4.78 is 10.0. The van der Waals surface area contributed by atoms with Gasteiger partial charge in [0.2, 0.25) is 5.22 Å². The summed E-state index contributed by atoms with van der Waals surface area (Å²) in [5, 5.41) is 2.94. The predicted octanol–water partition coefficient (Wildman–Crippen LogP) is 1.70. The molecule has 1 saturated heterocycles. The molecule has 1 aliphatic rings. The summed E-state index contributed by atoms with van der Waals surface area (Å²) in [4.78, 5) is 11.6. The van der Waals surface area contributed by atoms with Gasteiger partial charge in [-0.05, 0) is 24.1 Å². The zero-order valence-electron chi connectivity index (χ0n) is 8.16. The van der Waals surface area contributed by atoms with E-state index in [9.17, 15) is 4.79 Å². The topological polar surface area (TPSA) is 51.5 Å². The van der Waals surface area contributed by atoms with Gasteiger partial charge in [0, 0.05) is 19.1 Å². The first-order chi connectivity index (χ1) is 7.27. The number of amides is 1. The minimum absolute atomic E-state index is 0.134. The highest BCUT2D eigenvalue weighted by molar-refractivity contribution is 6.32. The SMILES string of the molecule is O=C(NCC1CCOC1)c1ccoc1Cl. The van der Waals surface area contributed by atoms with Crippen LogP contribution in [-0.2, 0) is 4.74 Å². The summed E-state index contributed by atoms with van der Waals surface area (Å²) >= 11 is 5.68. The van der Waals surface area contributed by atoms with Crippen molar-refractivity contribution in [2.45, 2.75) is 6.42 Å². The van der Waals surface area contributed by atoms with Crippen LogP contribution in [0.3, 0.4) is 0 Å². The maximum absolute atomic E-state index is 11.6. The third-order valence-electron chi connectivity index (χ3n) is 2.44. The van der Waals surface area contributed by atoms with Crippen molar-refractivity contribution in [3.63, 3.8) is 0 Å². The molecule has 1 unspecified atom stereocenters. The van der Waals surface area contributed by atoms with Crippen molar-refractivity contribution >= 4 is 17.5 Å². The van der Waals surface area contributed by atoms with Gasteiger partial charge in [-0.1, -0.05) is 0 Å². The molecule has 0 aromatic carbocycles. The van der Waals surface area contributed by atoms with Gasteiger partial charge in [-0.25, -0.2) is 0 Å². The van der Waals surface area contributed by atoms with Gasteiger partial charge in [0.1, 0.15) is 0 Å². The van der Waals surface area contributed by atoms with Crippen LogP contribution in [0.4, 0.5) is 0 Å². The van der Waals surface area contributed by atoms with Crippen LogP contribution in [0.25, 0.3) is 0 Å². The van der Waals surface area contributed by atoms with Gasteiger partial charge in [0.25, 0.3) is 5.91 Å². The molecule has 15 heavy (non-hydrogen) atoms. The van der Waals surface area contributed by atoms with Crippen molar-refractivity contribution in [1.29, 1.82) is 0 Å². The molecule has 5 heteroatoms. The first-order valence-electron chi connectivity index (χ1n) is 4.86. The normalized spacial score (nSPS) is 20.5. The Morgan fingerprint density at radius 2 is 2.53 bits per heavy atom. The summed E-state index contributed by atoms with van der Waals surface area (Å²) in [5.41, 5.74) is 0.385. The molecule has 0 spiro atoms. The lowest BCUT2D eigenvalue weighted by atomic mass is 10.1. The van der Waals surface area contributed by atoms with E-state index in [0.29, 0.717) is 18.0 Å². The van der Waals surface area contributed by atoms with Gasteiger partial charge in [-0.2, -0.15) is 0 Å². The molecule has 1 amide bonds. The molecule has 0 bridgehead atoms. The maximum atomic E-state index is 11.6. The molecule has 1 aromatic heterocycles. The second kappa shape index (κ2) is 4.68. The molecular formula is C10H12ClNO3. The van der Waals surface area contributed by atoms with Gasteiger partial charge < -0.3 is 14.5 Å². The lowest BCUT2D eigenvalue weighted by molar-refractivity contribution is 0.0944. The molecular weight excluding hydrogens is 218 g/mol. The summed E-state index contributed by atoms with van der Waals surface area (Å²) in [6.45, 7) is 2.13. The van der Waals surface area contributed by atoms with Gasteiger partial charge >= 0.3 is 0 Å². The third-order valence-corrected chi connectivity index (χ3v) is 2.73. The molecule has 1 aromatic rings. The Kier molecular flexibility index (Phi) is 3.28. The predicted molar refractivity (Wildman–Crippen MR) is 55.0 cm³/mol. The van der Waals surface area contributed by atoms with E-state index in [4.69, 9.17) is 20.8 Å². The van der Waals surface area contributed by atoms with Crippen LogP contribution >= 0.6 is 11.6 Å². The molecule has 0 aliphatic carbocycles. The monoisotopic (exact) mass is 229 g/mol. The molecule has 1 fully saturated rings. The van der Waals surface area contributed by atoms with Crippen molar-refractivity contribution in [1.82, 2.24) is 5.32 Å². The second-order valence-electron chi connectivity index (χ2n) is 3.55. The van der Waals surface area contributed by atoms with E-state index in [-0.39, 0.29) is 11.1 Å². The number of halogens is 1. The average molecular weight is 230 g/mol. The molecule has 1 atom stereocenters. The summed E-state index contributed by atoms with van der Waals surface area (Å²) in [6, 6.07) is 1.56. The number of rotatable bonds is 3. The first-order valence-corrected chi connectivity index (χ1v) is 5.24. The number of carbonyl (C=O) groups is 1. The summed E-state index contributed by atoms with van der Waals surface area (Å²) in [6.07, 6.45) is 2.40. The largest absolute Gasteiger partial charge is 0.452 e. The van der Waals surface area contributed by atoms with E-state index in [1.54, 1.807) is 6.07 Å². The van der Waals surface area contributed by atoms with Crippen LogP contribution in [0.1, 0.15) is 16.8 Å². The minimum atomic E-state index is -0.194. The van der Waals surface area contributed by atoms with Crippen LogP contribution in [0, 0.1) is 5.92 Å². The Morgan fingerprint density at radius 1 is 1.67 bits per heavy atom. The molecule has 2 heterocycles. The average Bonchev–Trinajstić information content (AvgIpc) is 2.84. The Morgan fingerprint density at radius 3 is 3.13 bits per heavy atom.